The fourth-order valence-corrected chi connectivity index (χ4v) is 9.55. The Kier molecular flexibility index (Phi) is 7.51. The second kappa shape index (κ2) is 12.0. The van der Waals surface area contributed by atoms with Crippen LogP contribution in [0.15, 0.2) is 196 Å². The monoisotopic (exact) mass is 675 g/mol. The van der Waals surface area contributed by atoms with Crippen LogP contribution >= 0.6 is 0 Å². The van der Waals surface area contributed by atoms with Crippen LogP contribution in [-0.2, 0) is 19.7 Å². The van der Waals surface area contributed by atoms with E-state index < -0.39 is 19.7 Å². The topological polar surface area (TPSA) is 73.2 Å². The van der Waals surface area contributed by atoms with Crippen molar-refractivity contribution in [3.05, 3.63) is 176 Å². The molecule has 0 radical (unpaired) electrons. The number of aromatic nitrogens is 1. The van der Waals surface area contributed by atoms with Gasteiger partial charge >= 0.3 is 0 Å². The lowest BCUT2D eigenvalue weighted by atomic mass is 10.00. The van der Waals surface area contributed by atoms with E-state index in [-0.39, 0.29) is 19.6 Å². The van der Waals surface area contributed by atoms with Crippen LogP contribution in [0.2, 0.25) is 0 Å². The van der Waals surface area contributed by atoms with Gasteiger partial charge in [-0.3, -0.25) is 0 Å². The molecule has 0 saturated carbocycles. The molecule has 1 heterocycles. The molecule has 0 spiro atoms. The summed E-state index contributed by atoms with van der Waals surface area (Å²) in [5.74, 6) is 0. The molecular formula is C42H29NO4S2. The van der Waals surface area contributed by atoms with Crippen LogP contribution in [0.1, 0.15) is 0 Å². The average Bonchev–Trinajstić information content (AvgIpc) is 3.49. The van der Waals surface area contributed by atoms with Crippen molar-refractivity contribution in [3.63, 3.8) is 0 Å². The van der Waals surface area contributed by atoms with Gasteiger partial charge in [-0.15, -0.1) is 0 Å². The Hall–Kier alpha value is -5.76. The largest absolute Gasteiger partial charge is 0.309 e. The standard InChI is InChI=1S/C42H29NO4S2/c44-48(45,33-16-6-2-7-17-33)41-22-12-10-20-35(41)30-24-26-39-37(28-30)38-29-31(25-27-40(38)43(39)32-14-4-1-5-15-32)36-21-11-13-23-42(36)49(46,47)34-18-8-3-9-19-34/h1-29H. The van der Waals surface area contributed by atoms with E-state index in [4.69, 9.17) is 0 Å². The number of fused-ring (bicyclic) bond motifs is 3. The number of rotatable bonds is 7. The van der Waals surface area contributed by atoms with Crippen LogP contribution in [0.25, 0.3) is 49.7 Å². The van der Waals surface area contributed by atoms with E-state index in [1.54, 1.807) is 84.9 Å². The molecule has 8 aromatic rings. The Bertz CT molecular complexity index is 2550. The van der Waals surface area contributed by atoms with Gasteiger partial charge in [0, 0.05) is 27.6 Å². The zero-order valence-corrected chi connectivity index (χ0v) is 27.8. The lowest BCUT2D eigenvalue weighted by Crippen LogP contribution is -2.03. The maximum Gasteiger partial charge on any atom is 0.207 e. The zero-order chi connectivity index (χ0) is 33.6. The summed E-state index contributed by atoms with van der Waals surface area (Å²) in [6.07, 6.45) is 0. The van der Waals surface area contributed by atoms with E-state index in [0.717, 1.165) is 38.6 Å². The molecule has 0 atom stereocenters. The predicted molar refractivity (Wildman–Crippen MR) is 195 cm³/mol. The Balaban J connectivity index is 1.37. The third kappa shape index (κ3) is 5.24. The second-order valence-electron chi connectivity index (χ2n) is 11.8. The van der Waals surface area contributed by atoms with Gasteiger partial charge in [0.25, 0.3) is 0 Å². The minimum absolute atomic E-state index is 0.230. The molecule has 7 heteroatoms. The lowest BCUT2D eigenvalue weighted by molar-refractivity contribution is 0.594. The van der Waals surface area contributed by atoms with Crippen molar-refractivity contribution < 1.29 is 16.8 Å². The zero-order valence-electron chi connectivity index (χ0n) is 26.1. The molecule has 0 unspecified atom stereocenters. The molecule has 1 aromatic heterocycles. The van der Waals surface area contributed by atoms with Gasteiger partial charge in [-0.25, -0.2) is 16.8 Å². The first-order valence-electron chi connectivity index (χ1n) is 15.8. The van der Waals surface area contributed by atoms with Crippen LogP contribution in [0, 0.1) is 0 Å². The summed E-state index contributed by atoms with van der Waals surface area (Å²) in [4.78, 5) is 0.928. The van der Waals surface area contributed by atoms with Crippen LogP contribution < -0.4 is 0 Å². The third-order valence-electron chi connectivity index (χ3n) is 8.86. The smallest absolute Gasteiger partial charge is 0.207 e. The van der Waals surface area contributed by atoms with E-state index >= 15 is 0 Å². The van der Waals surface area contributed by atoms with E-state index in [1.807, 2.05) is 91.0 Å². The molecule has 0 aliphatic heterocycles. The summed E-state index contributed by atoms with van der Waals surface area (Å²) < 4.78 is 57.6. The molecule has 0 amide bonds. The molecule has 49 heavy (non-hydrogen) atoms. The van der Waals surface area contributed by atoms with Crippen LogP contribution in [0.5, 0.6) is 0 Å². The third-order valence-corrected chi connectivity index (χ3v) is 12.5. The van der Waals surface area contributed by atoms with Gasteiger partial charge in [0.05, 0.1) is 30.6 Å². The summed E-state index contributed by atoms with van der Waals surface area (Å²) in [6.45, 7) is 0. The molecule has 0 aliphatic rings. The van der Waals surface area contributed by atoms with E-state index in [0.29, 0.717) is 11.1 Å². The highest BCUT2D eigenvalue weighted by molar-refractivity contribution is 7.92. The van der Waals surface area contributed by atoms with E-state index in [1.165, 1.54) is 0 Å². The van der Waals surface area contributed by atoms with Gasteiger partial charge in [0.2, 0.25) is 19.7 Å². The summed E-state index contributed by atoms with van der Waals surface area (Å²) in [7, 11) is -7.60. The number of sulfone groups is 2. The van der Waals surface area contributed by atoms with Crippen LogP contribution in [-0.4, -0.2) is 21.4 Å². The van der Waals surface area contributed by atoms with Crippen molar-refractivity contribution in [2.75, 3.05) is 0 Å². The highest BCUT2D eigenvalue weighted by Crippen LogP contribution is 2.40. The second-order valence-corrected chi connectivity index (χ2v) is 15.6. The van der Waals surface area contributed by atoms with Crippen LogP contribution in [0.3, 0.4) is 0 Å². The predicted octanol–water partition coefficient (Wildman–Crippen LogP) is 9.78. The van der Waals surface area contributed by atoms with Gasteiger partial charge in [0.1, 0.15) is 0 Å². The number of hydrogen-bond acceptors (Lipinski definition) is 4. The average molecular weight is 676 g/mol. The SMILES string of the molecule is O=S(=O)(c1ccccc1)c1ccccc1-c1ccc2c(c1)c1cc(-c3ccccc3S(=O)(=O)c3ccccc3)ccc1n2-c1ccccc1. The number of para-hydroxylation sites is 1. The maximum atomic E-state index is 13.9. The minimum Gasteiger partial charge on any atom is -0.309 e. The Labute approximate surface area is 285 Å². The van der Waals surface area contributed by atoms with Gasteiger partial charge in [-0.05, 0) is 83.9 Å². The first-order chi connectivity index (χ1) is 23.8. The number of benzene rings is 7. The van der Waals surface area contributed by atoms with Crippen molar-refractivity contribution in [1.29, 1.82) is 0 Å². The molecule has 7 aromatic carbocycles. The fraction of sp³-hybridized carbons (Fsp3) is 0. The molecule has 0 aliphatic carbocycles. The minimum atomic E-state index is -3.80. The quantitative estimate of drug-likeness (QED) is 0.169. The van der Waals surface area contributed by atoms with Crippen molar-refractivity contribution in [3.8, 4) is 27.9 Å². The van der Waals surface area contributed by atoms with Crippen molar-refractivity contribution >= 4 is 41.5 Å². The lowest BCUT2D eigenvalue weighted by Gasteiger charge is -2.12. The highest BCUT2D eigenvalue weighted by Gasteiger charge is 2.24. The van der Waals surface area contributed by atoms with Gasteiger partial charge in [0.15, 0.2) is 0 Å². The van der Waals surface area contributed by atoms with Crippen molar-refractivity contribution in [2.24, 2.45) is 0 Å². The Morgan fingerprint density at radius 3 is 1.16 bits per heavy atom. The van der Waals surface area contributed by atoms with Crippen molar-refractivity contribution in [1.82, 2.24) is 4.57 Å². The molecule has 0 N–H and O–H groups in total. The molecule has 238 valence electrons. The summed E-state index contributed by atoms with van der Waals surface area (Å²) in [5, 5.41) is 1.82. The van der Waals surface area contributed by atoms with E-state index in [2.05, 4.69) is 4.57 Å². The fourth-order valence-electron chi connectivity index (χ4n) is 6.55. The summed E-state index contributed by atoms with van der Waals surface area (Å²) >= 11 is 0. The number of hydrogen-bond donors (Lipinski definition) is 0. The normalized spacial score (nSPS) is 12.0. The van der Waals surface area contributed by atoms with Gasteiger partial charge in [-0.2, -0.15) is 0 Å². The first-order valence-corrected chi connectivity index (χ1v) is 18.7. The van der Waals surface area contributed by atoms with Crippen LogP contribution in [0.4, 0.5) is 0 Å². The van der Waals surface area contributed by atoms with Gasteiger partial charge < -0.3 is 4.57 Å². The van der Waals surface area contributed by atoms with Crippen molar-refractivity contribution in [2.45, 2.75) is 19.6 Å². The van der Waals surface area contributed by atoms with E-state index in [9.17, 15) is 16.8 Å². The molecule has 0 fully saturated rings. The number of nitrogens with zero attached hydrogens (tertiary/aromatic N) is 1. The summed E-state index contributed by atoms with van der Waals surface area (Å²) in [6, 6.07) is 53.2. The molecule has 0 bridgehead atoms. The maximum absolute atomic E-state index is 13.9. The van der Waals surface area contributed by atoms with Gasteiger partial charge in [-0.1, -0.05) is 103 Å². The first kappa shape index (κ1) is 30.6. The summed E-state index contributed by atoms with van der Waals surface area (Å²) in [5.41, 5.74) is 5.57. The molecular weight excluding hydrogens is 647 g/mol. The Morgan fingerprint density at radius 1 is 0.367 bits per heavy atom. The Morgan fingerprint density at radius 2 is 0.735 bits per heavy atom. The molecule has 5 nitrogen and oxygen atoms in total. The highest BCUT2D eigenvalue weighted by atomic mass is 32.2. The molecule has 0 saturated heterocycles. The molecule has 8 rings (SSSR count).